The molecule has 1 atom stereocenters. The molecule has 0 aliphatic carbocycles. The van der Waals surface area contributed by atoms with Gasteiger partial charge in [0.2, 0.25) is 6.29 Å². The zero-order chi connectivity index (χ0) is 13.8. The molecule has 0 bridgehead atoms. The van der Waals surface area contributed by atoms with Gasteiger partial charge in [0.25, 0.3) is 0 Å². The largest absolute Gasteiger partial charge is 0.506 e. The maximum atomic E-state index is 11.7. The zero-order valence-corrected chi connectivity index (χ0v) is 10.9. The number of carbonyl (C=O) groups is 1. The van der Waals surface area contributed by atoms with E-state index >= 15 is 0 Å². The molecule has 0 saturated carbocycles. The van der Waals surface area contributed by atoms with E-state index in [-0.39, 0.29) is 11.3 Å². The predicted octanol–water partition coefficient (Wildman–Crippen LogP) is 2.39. The number of ether oxygens (including phenoxy) is 3. The fourth-order valence-corrected chi connectivity index (χ4v) is 2.32. The maximum Gasteiger partial charge on any atom is 0.345 e. The van der Waals surface area contributed by atoms with Crippen molar-refractivity contribution in [3.63, 3.8) is 0 Å². The van der Waals surface area contributed by atoms with E-state index in [2.05, 4.69) is 0 Å². The van der Waals surface area contributed by atoms with Crippen LogP contribution in [0.3, 0.4) is 0 Å². The van der Waals surface area contributed by atoms with Crippen LogP contribution in [0.15, 0.2) is 12.1 Å². The minimum Gasteiger partial charge on any atom is -0.506 e. The summed E-state index contributed by atoms with van der Waals surface area (Å²) in [7, 11) is 1.44. The Morgan fingerprint density at radius 3 is 2.84 bits per heavy atom. The second-order valence-electron chi connectivity index (χ2n) is 5.11. The van der Waals surface area contributed by atoms with Gasteiger partial charge in [0.05, 0.1) is 5.56 Å². The molecule has 3 rings (SSSR count). The Bertz CT molecular complexity index is 600. The van der Waals surface area contributed by atoms with Gasteiger partial charge in [-0.2, -0.15) is 0 Å². The molecule has 5 heteroatoms. The van der Waals surface area contributed by atoms with Gasteiger partial charge in [-0.15, -0.1) is 0 Å². The molecule has 1 aromatic rings. The van der Waals surface area contributed by atoms with E-state index in [9.17, 15) is 9.90 Å². The predicted molar refractivity (Wildman–Crippen MR) is 67.0 cm³/mol. The van der Waals surface area contributed by atoms with Crippen LogP contribution in [-0.2, 0) is 9.47 Å². The molecule has 1 N–H and O–H groups in total. The number of hydrogen-bond donors (Lipinski definition) is 1. The van der Waals surface area contributed by atoms with Crippen LogP contribution in [-0.4, -0.2) is 23.8 Å². The third-order valence-electron chi connectivity index (χ3n) is 3.24. The SMILES string of the molecule is COC1OC(=O)c2c1cc1c(c2O)C=CC(C)(C)O1. The number of aromatic hydroxyl groups is 1. The average molecular weight is 262 g/mol. The van der Waals surface area contributed by atoms with E-state index in [1.54, 1.807) is 12.1 Å². The minimum absolute atomic E-state index is 0.121. The van der Waals surface area contributed by atoms with E-state index in [0.29, 0.717) is 16.9 Å². The van der Waals surface area contributed by atoms with E-state index < -0.39 is 17.9 Å². The Morgan fingerprint density at radius 2 is 2.16 bits per heavy atom. The number of esters is 1. The summed E-state index contributed by atoms with van der Waals surface area (Å²) in [5.74, 6) is -0.187. The Morgan fingerprint density at radius 1 is 1.42 bits per heavy atom. The summed E-state index contributed by atoms with van der Waals surface area (Å²) in [5.41, 5.74) is 0.680. The molecule has 1 unspecified atom stereocenters. The van der Waals surface area contributed by atoms with E-state index in [0.717, 1.165) is 0 Å². The molecule has 0 saturated heterocycles. The normalized spacial score (nSPS) is 22.5. The zero-order valence-electron chi connectivity index (χ0n) is 10.9. The highest BCUT2D eigenvalue weighted by atomic mass is 16.7. The van der Waals surface area contributed by atoms with Crippen LogP contribution in [0.25, 0.3) is 6.08 Å². The van der Waals surface area contributed by atoms with Gasteiger partial charge in [0, 0.05) is 12.7 Å². The van der Waals surface area contributed by atoms with Crippen molar-refractivity contribution in [3.05, 3.63) is 28.8 Å². The number of methoxy groups -OCH3 is 1. The summed E-state index contributed by atoms with van der Waals surface area (Å²) in [5, 5.41) is 10.2. The first kappa shape index (κ1) is 12.0. The maximum absolute atomic E-state index is 11.7. The molecule has 0 fully saturated rings. The number of phenols is 1. The van der Waals surface area contributed by atoms with Gasteiger partial charge in [-0.25, -0.2) is 4.79 Å². The summed E-state index contributed by atoms with van der Waals surface area (Å²) in [6.45, 7) is 3.82. The van der Waals surface area contributed by atoms with Crippen molar-refractivity contribution >= 4 is 12.0 Å². The molecule has 5 nitrogen and oxygen atoms in total. The number of phenolic OH excluding ortho intramolecular Hbond substituents is 1. The fraction of sp³-hybridized carbons (Fsp3) is 0.357. The van der Waals surface area contributed by atoms with Gasteiger partial charge in [-0.1, -0.05) is 0 Å². The summed E-state index contributed by atoms with van der Waals surface area (Å²) in [6, 6.07) is 1.69. The second-order valence-corrected chi connectivity index (χ2v) is 5.11. The first-order valence-corrected chi connectivity index (χ1v) is 5.95. The summed E-state index contributed by atoms with van der Waals surface area (Å²) in [4.78, 5) is 11.7. The van der Waals surface area contributed by atoms with Crippen molar-refractivity contribution in [2.24, 2.45) is 0 Å². The highest BCUT2D eigenvalue weighted by Crippen LogP contribution is 2.45. The number of hydrogen-bond acceptors (Lipinski definition) is 5. The topological polar surface area (TPSA) is 65.0 Å². The first-order chi connectivity index (χ1) is 8.93. The van der Waals surface area contributed by atoms with Crippen molar-refractivity contribution in [2.75, 3.05) is 7.11 Å². The van der Waals surface area contributed by atoms with Crippen LogP contribution in [0.4, 0.5) is 0 Å². The quantitative estimate of drug-likeness (QED) is 0.787. The van der Waals surface area contributed by atoms with Crippen molar-refractivity contribution < 1.29 is 24.1 Å². The van der Waals surface area contributed by atoms with Crippen molar-refractivity contribution in [3.8, 4) is 11.5 Å². The Kier molecular flexibility index (Phi) is 2.37. The molecule has 100 valence electrons. The molecule has 19 heavy (non-hydrogen) atoms. The molecule has 1 aromatic carbocycles. The minimum atomic E-state index is -0.795. The third kappa shape index (κ3) is 1.69. The van der Waals surface area contributed by atoms with E-state index in [1.807, 2.05) is 19.9 Å². The van der Waals surface area contributed by atoms with Crippen LogP contribution < -0.4 is 4.74 Å². The van der Waals surface area contributed by atoms with Gasteiger partial charge < -0.3 is 19.3 Å². The molecule has 0 radical (unpaired) electrons. The van der Waals surface area contributed by atoms with Crippen molar-refractivity contribution in [1.29, 1.82) is 0 Å². The number of benzene rings is 1. The lowest BCUT2D eigenvalue weighted by Crippen LogP contribution is -2.27. The summed E-state index contributed by atoms with van der Waals surface area (Å²) < 4.78 is 15.9. The highest BCUT2D eigenvalue weighted by molar-refractivity contribution is 5.99. The number of cyclic esters (lactones) is 1. The van der Waals surface area contributed by atoms with E-state index in [4.69, 9.17) is 14.2 Å². The molecular weight excluding hydrogens is 248 g/mol. The van der Waals surface area contributed by atoms with Crippen LogP contribution in [0, 0.1) is 0 Å². The summed E-state index contributed by atoms with van der Waals surface area (Å²) in [6.07, 6.45) is 2.79. The summed E-state index contributed by atoms with van der Waals surface area (Å²) >= 11 is 0. The molecule has 0 spiro atoms. The standard InChI is InChI=1S/C14H14O5/c1-14(2)5-4-7-9(19-14)6-8-10(11(7)15)12(16)18-13(8)17-3/h4-6,13,15H,1-3H3. The van der Waals surface area contributed by atoms with E-state index in [1.165, 1.54) is 7.11 Å². The molecular formula is C14H14O5. The molecule has 2 heterocycles. The Labute approximate surface area is 110 Å². The van der Waals surface area contributed by atoms with Crippen LogP contribution in [0.2, 0.25) is 0 Å². The lowest BCUT2D eigenvalue weighted by Gasteiger charge is -2.28. The van der Waals surface area contributed by atoms with Crippen LogP contribution >= 0.6 is 0 Å². The lowest BCUT2D eigenvalue weighted by atomic mass is 9.97. The lowest BCUT2D eigenvalue weighted by molar-refractivity contribution is -0.0817. The number of carbonyl (C=O) groups excluding carboxylic acids is 1. The Balaban J connectivity index is 2.21. The smallest absolute Gasteiger partial charge is 0.345 e. The molecule has 0 amide bonds. The monoisotopic (exact) mass is 262 g/mol. The first-order valence-electron chi connectivity index (χ1n) is 5.95. The van der Waals surface area contributed by atoms with Crippen molar-refractivity contribution in [2.45, 2.75) is 25.7 Å². The van der Waals surface area contributed by atoms with Crippen LogP contribution in [0.5, 0.6) is 11.5 Å². The molecule has 0 aromatic heterocycles. The Hall–Kier alpha value is -2.01. The van der Waals surface area contributed by atoms with Crippen molar-refractivity contribution in [1.82, 2.24) is 0 Å². The van der Waals surface area contributed by atoms with Gasteiger partial charge in [-0.3, -0.25) is 0 Å². The highest BCUT2D eigenvalue weighted by Gasteiger charge is 2.38. The van der Waals surface area contributed by atoms with Gasteiger partial charge in [0.1, 0.15) is 22.7 Å². The number of rotatable bonds is 1. The third-order valence-corrected chi connectivity index (χ3v) is 3.24. The second kappa shape index (κ2) is 3.74. The fourth-order valence-electron chi connectivity index (χ4n) is 2.32. The van der Waals surface area contributed by atoms with Gasteiger partial charge >= 0.3 is 5.97 Å². The average Bonchev–Trinajstić information content (AvgIpc) is 2.64. The molecule has 2 aliphatic heterocycles. The van der Waals surface area contributed by atoms with Gasteiger partial charge in [-0.05, 0) is 32.1 Å². The van der Waals surface area contributed by atoms with Crippen LogP contribution in [0.1, 0.15) is 41.6 Å². The molecule has 2 aliphatic rings. The number of fused-ring (bicyclic) bond motifs is 2. The van der Waals surface area contributed by atoms with Gasteiger partial charge in [0.15, 0.2) is 0 Å².